The third-order valence-electron chi connectivity index (χ3n) is 3.56. The molecule has 2 unspecified atom stereocenters. The molecule has 2 atom stereocenters. The van der Waals surface area contributed by atoms with Gasteiger partial charge in [0, 0.05) is 10.1 Å². The van der Waals surface area contributed by atoms with E-state index >= 15 is 0 Å². The predicted molar refractivity (Wildman–Crippen MR) is 85.3 cm³/mol. The highest BCUT2D eigenvalue weighted by Crippen LogP contribution is 2.31. The molecule has 0 spiro atoms. The Morgan fingerprint density at radius 2 is 2.10 bits per heavy atom. The van der Waals surface area contributed by atoms with E-state index in [4.69, 9.17) is 4.74 Å². The van der Waals surface area contributed by atoms with Gasteiger partial charge in [0.05, 0.1) is 7.11 Å². The zero-order valence-corrected chi connectivity index (χ0v) is 14.1. The summed E-state index contributed by atoms with van der Waals surface area (Å²) in [4.78, 5) is 13.2. The molecule has 0 saturated heterocycles. The number of hydrogen-bond acceptors (Lipinski definition) is 4. The molecule has 0 radical (unpaired) electrons. The van der Waals surface area contributed by atoms with E-state index in [-0.39, 0.29) is 5.97 Å². The zero-order valence-electron chi connectivity index (χ0n) is 13.2. The lowest BCUT2D eigenvalue weighted by atomic mass is 9.96. The molecule has 0 saturated carbocycles. The van der Waals surface area contributed by atoms with Crippen LogP contribution in [0.3, 0.4) is 0 Å². The first kappa shape index (κ1) is 17.1. The van der Waals surface area contributed by atoms with E-state index in [9.17, 15) is 4.79 Å². The molecule has 0 amide bonds. The van der Waals surface area contributed by atoms with Gasteiger partial charge < -0.3 is 10.1 Å². The Labute approximate surface area is 126 Å². The van der Waals surface area contributed by atoms with Gasteiger partial charge in [0.15, 0.2) is 0 Å². The molecule has 0 bridgehead atoms. The van der Waals surface area contributed by atoms with Gasteiger partial charge >= 0.3 is 5.97 Å². The summed E-state index contributed by atoms with van der Waals surface area (Å²) in [5, 5.41) is 3.40. The fourth-order valence-electron chi connectivity index (χ4n) is 2.18. The lowest BCUT2D eigenvalue weighted by molar-refractivity contribution is -0.147. The zero-order chi connectivity index (χ0) is 15.3. The third kappa shape index (κ3) is 4.25. The van der Waals surface area contributed by atoms with Crippen LogP contribution in [0.5, 0.6) is 0 Å². The quantitative estimate of drug-likeness (QED) is 0.645. The minimum absolute atomic E-state index is 0.214. The maximum absolute atomic E-state index is 11.9. The summed E-state index contributed by atoms with van der Waals surface area (Å²) in [7, 11) is 3.23. The van der Waals surface area contributed by atoms with Crippen molar-refractivity contribution in [3.05, 3.63) is 29.3 Å². The first-order chi connectivity index (χ1) is 9.32. The predicted octanol–water partition coefficient (Wildman–Crippen LogP) is 3.33. The topological polar surface area (TPSA) is 38.3 Å². The number of likely N-dealkylation sites (N-methyl/N-ethyl adjacent to an activating group) is 1. The van der Waals surface area contributed by atoms with E-state index in [1.54, 1.807) is 18.8 Å². The maximum Gasteiger partial charge on any atom is 0.325 e. The van der Waals surface area contributed by atoms with Gasteiger partial charge in [-0.2, -0.15) is 0 Å². The van der Waals surface area contributed by atoms with Gasteiger partial charge in [0.1, 0.15) is 5.54 Å². The molecule has 0 aliphatic heterocycles. The molecule has 1 aromatic rings. The molecule has 1 aromatic carbocycles. The molecular weight excluding hydrogens is 270 g/mol. The molecule has 20 heavy (non-hydrogen) atoms. The van der Waals surface area contributed by atoms with Crippen LogP contribution in [-0.2, 0) is 9.53 Å². The summed E-state index contributed by atoms with van der Waals surface area (Å²) in [6, 6.07) is 6.46. The van der Waals surface area contributed by atoms with Gasteiger partial charge in [-0.05, 0) is 45.9 Å². The summed E-state index contributed by atoms with van der Waals surface area (Å²) in [5.74, 6) is -0.214. The second-order valence-electron chi connectivity index (χ2n) is 5.48. The van der Waals surface area contributed by atoms with E-state index in [2.05, 4.69) is 44.3 Å². The number of hydrogen-bond donors (Lipinski definition) is 1. The van der Waals surface area contributed by atoms with Crippen molar-refractivity contribution in [2.75, 3.05) is 14.2 Å². The number of rotatable bonds is 6. The van der Waals surface area contributed by atoms with Crippen molar-refractivity contribution < 1.29 is 9.53 Å². The number of ether oxygens (including phenoxy) is 1. The second-order valence-corrected chi connectivity index (χ2v) is 6.96. The number of carbonyl (C=O) groups excluding carboxylic acids is 1. The molecule has 0 aliphatic carbocycles. The highest BCUT2D eigenvalue weighted by molar-refractivity contribution is 8.00. The minimum atomic E-state index is -0.640. The van der Waals surface area contributed by atoms with E-state index < -0.39 is 5.54 Å². The Balaban J connectivity index is 2.78. The number of thioether (sulfide) groups is 1. The molecule has 0 fully saturated rings. The van der Waals surface area contributed by atoms with Gasteiger partial charge in [-0.25, -0.2) is 0 Å². The Kier molecular flexibility index (Phi) is 6.08. The van der Waals surface area contributed by atoms with Crippen LogP contribution in [0.1, 0.15) is 31.4 Å². The molecule has 112 valence electrons. The van der Waals surface area contributed by atoms with E-state index in [0.29, 0.717) is 11.7 Å². The van der Waals surface area contributed by atoms with Crippen molar-refractivity contribution in [1.82, 2.24) is 5.32 Å². The van der Waals surface area contributed by atoms with Crippen LogP contribution in [0.4, 0.5) is 0 Å². The SMILES string of the molecule is CNC(C)(CC(C)Sc1cc(C)ccc1C)C(=O)OC. The summed E-state index contributed by atoms with van der Waals surface area (Å²) < 4.78 is 4.89. The van der Waals surface area contributed by atoms with Gasteiger partial charge in [-0.15, -0.1) is 11.8 Å². The fraction of sp³-hybridized carbons (Fsp3) is 0.562. The Morgan fingerprint density at radius 3 is 2.65 bits per heavy atom. The normalized spacial score (nSPS) is 15.5. The summed E-state index contributed by atoms with van der Waals surface area (Å²) >= 11 is 1.81. The lowest BCUT2D eigenvalue weighted by Gasteiger charge is -2.29. The van der Waals surface area contributed by atoms with Crippen LogP contribution in [-0.4, -0.2) is 30.9 Å². The first-order valence-electron chi connectivity index (χ1n) is 6.83. The van der Waals surface area contributed by atoms with E-state index in [1.165, 1.54) is 23.1 Å². The monoisotopic (exact) mass is 295 g/mol. The molecule has 1 rings (SSSR count). The van der Waals surface area contributed by atoms with Crippen LogP contribution >= 0.6 is 11.8 Å². The summed E-state index contributed by atoms with van der Waals surface area (Å²) in [5.41, 5.74) is 1.89. The molecule has 1 N–H and O–H groups in total. The van der Waals surface area contributed by atoms with Crippen molar-refractivity contribution in [1.29, 1.82) is 0 Å². The molecular formula is C16H25NO2S. The highest BCUT2D eigenvalue weighted by atomic mass is 32.2. The Morgan fingerprint density at radius 1 is 1.45 bits per heavy atom. The second kappa shape index (κ2) is 7.14. The van der Waals surface area contributed by atoms with Crippen molar-refractivity contribution >= 4 is 17.7 Å². The van der Waals surface area contributed by atoms with Crippen molar-refractivity contribution in [2.45, 2.75) is 49.8 Å². The number of aryl methyl sites for hydroxylation is 2. The number of nitrogens with one attached hydrogen (secondary N) is 1. The number of benzene rings is 1. The highest BCUT2D eigenvalue weighted by Gasteiger charge is 2.34. The van der Waals surface area contributed by atoms with Crippen LogP contribution < -0.4 is 5.32 Å². The van der Waals surface area contributed by atoms with Crippen LogP contribution in [0.2, 0.25) is 0 Å². The Hall–Kier alpha value is -1.00. The molecule has 0 aliphatic rings. The third-order valence-corrected chi connectivity index (χ3v) is 4.82. The van der Waals surface area contributed by atoms with Gasteiger partial charge in [0.25, 0.3) is 0 Å². The molecule has 4 heteroatoms. The average Bonchev–Trinajstić information content (AvgIpc) is 2.41. The number of carbonyl (C=O) groups is 1. The van der Waals surface area contributed by atoms with Crippen molar-refractivity contribution in [2.24, 2.45) is 0 Å². The van der Waals surface area contributed by atoms with Crippen molar-refractivity contribution in [3.63, 3.8) is 0 Å². The van der Waals surface area contributed by atoms with Crippen LogP contribution in [0.15, 0.2) is 23.1 Å². The minimum Gasteiger partial charge on any atom is -0.468 e. The smallest absolute Gasteiger partial charge is 0.325 e. The standard InChI is InChI=1S/C16H25NO2S/c1-11-7-8-12(2)14(9-11)20-13(3)10-16(4,17-5)15(18)19-6/h7-9,13,17H,10H2,1-6H3. The van der Waals surface area contributed by atoms with E-state index in [0.717, 1.165) is 0 Å². The number of esters is 1. The van der Waals surface area contributed by atoms with Gasteiger partial charge in [0.2, 0.25) is 0 Å². The van der Waals surface area contributed by atoms with Gasteiger partial charge in [-0.3, -0.25) is 4.79 Å². The largest absolute Gasteiger partial charge is 0.468 e. The van der Waals surface area contributed by atoms with Gasteiger partial charge in [-0.1, -0.05) is 24.6 Å². The molecule has 3 nitrogen and oxygen atoms in total. The lowest BCUT2D eigenvalue weighted by Crippen LogP contribution is -2.49. The Bertz CT molecular complexity index is 476. The van der Waals surface area contributed by atoms with Crippen LogP contribution in [0.25, 0.3) is 0 Å². The average molecular weight is 295 g/mol. The van der Waals surface area contributed by atoms with Crippen LogP contribution in [0, 0.1) is 13.8 Å². The molecule has 0 aromatic heterocycles. The number of methoxy groups -OCH3 is 1. The first-order valence-corrected chi connectivity index (χ1v) is 7.71. The van der Waals surface area contributed by atoms with Crippen molar-refractivity contribution in [3.8, 4) is 0 Å². The summed E-state index contributed by atoms with van der Waals surface area (Å²) in [6.07, 6.45) is 0.716. The summed E-state index contributed by atoms with van der Waals surface area (Å²) in [6.45, 7) is 8.25. The van der Waals surface area contributed by atoms with E-state index in [1.807, 2.05) is 6.92 Å². The fourth-order valence-corrected chi connectivity index (χ4v) is 3.54. The maximum atomic E-state index is 11.9. The molecule has 0 heterocycles.